The van der Waals surface area contributed by atoms with Crippen LogP contribution < -0.4 is 10.6 Å². The zero-order valence-electron chi connectivity index (χ0n) is 10.7. The van der Waals surface area contributed by atoms with Gasteiger partial charge >= 0.3 is 0 Å². The number of hydrogen-bond acceptors (Lipinski definition) is 3. The van der Waals surface area contributed by atoms with Crippen LogP contribution in [0.5, 0.6) is 0 Å². The smallest absolute Gasteiger partial charge is 0.238 e. The third kappa shape index (κ3) is 5.16. The summed E-state index contributed by atoms with van der Waals surface area (Å²) in [6.07, 6.45) is 0.645. The number of aliphatic hydroxyl groups is 1. The predicted molar refractivity (Wildman–Crippen MR) is 76.6 cm³/mol. The third-order valence-corrected chi connectivity index (χ3v) is 3.39. The molecule has 0 radical (unpaired) electrons. The molecule has 18 heavy (non-hydrogen) atoms. The molecular formula is C13H19BrN2O2. The number of amides is 1. The van der Waals surface area contributed by atoms with Crippen LogP contribution in [0, 0.1) is 0 Å². The third-order valence-electron chi connectivity index (χ3n) is 2.70. The lowest BCUT2D eigenvalue weighted by Gasteiger charge is -2.21. The number of halogens is 1. The van der Waals surface area contributed by atoms with Crippen LogP contribution in [-0.4, -0.2) is 29.7 Å². The van der Waals surface area contributed by atoms with Gasteiger partial charge in [-0.25, -0.2) is 0 Å². The molecule has 0 saturated carbocycles. The molecule has 0 aliphatic carbocycles. The molecule has 1 aromatic carbocycles. The van der Waals surface area contributed by atoms with Crippen molar-refractivity contribution >= 4 is 27.5 Å². The van der Waals surface area contributed by atoms with Gasteiger partial charge in [0.05, 0.1) is 17.8 Å². The fourth-order valence-corrected chi connectivity index (χ4v) is 1.71. The molecule has 0 saturated heterocycles. The number of benzene rings is 1. The molecule has 0 aromatic heterocycles. The molecule has 1 unspecified atom stereocenters. The van der Waals surface area contributed by atoms with E-state index < -0.39 is 5.60 Å². The summed E-state index contributed by atoms with van der Waals surface area (Å²) in [5.74, 6) is -0.131. The van der Waals surface area contributed by atoms with Crippen molar-refractivity contribution in [1.82, 2.24) is 5.32 Å². The molecule has 0 spiro atoms. The Morgan fingerprint density at radius 2 is 2.11 bits per heavy atom. The van der Waals surface area contributed by atoms with Gasteiger partial charge in [-0.3, -0.25) is 4.79 Å². The Balaban J connectivity index is 2.37. The van der Waals surface area contributed by atoms with Gasteiger partial charge in [-0.15, -0.1) is 0 Å². The summed E-state index contributed by atoms with van der Waals surface area (Å²) >= 11 is 3.36. The normalized spacial score (nSPS) is 14.0. The van der Waals surface area contributed by atoms with Crippen molar-refractivity contribution in [2.75, 3.05) is 18.4 Å². The van der Waals surface area contributed by atoms with Gasteiger partial charge in [-0.1, -0.05) is 19.1 Å². The van der Waals surface area contributed by atoms with E-state index in [1.807, 2.05) is 31.2 Å². The van der Waals surface area contributed by atoms with Gasteiger partial charge in [-0.2, -0.15) is 0 Å². The summed E-state index contributed by atoms with van der Waals surface area (Å²) in [7, 11) is 0. The summed E-state index contributed by atoms with van der Waals surface area (Å²) < 4.78 is 0.846. The molecule has 1 atom stereocenters. The van der Waals surface area contributed by atoms with Crippen molar-refractivity contribution in [3.05, 3.63) is 28.7 Å². The lowest BCUT2D eigenvalue weighted by Crippen LogP contribution is -2.40. The average Bonchev–Trinajstić information content (AvgIpc) is 2.32. The Morgan fingerprint density at radius 1 is 1.44 bits per heavy atom. The monoisotopic (exact) mass is 314 g/mol. The Morgan fingerprint density at radius 3 is 2.72 bits per heavy atom. The predicted octanol–water partition coefficient (Wildman–Crippen LogP) is 2.14. The van der Waals surface area contributed by atoms with E-state index >= 15 is 0 Å². The van der Waals surface area contributed by atoms with Crippen LogP contribution in [0.1, 0.15) is 20.3 Å². The maximum Gasteiger partial charge on any atom is 0.238 e. The van der Waals surface area contributed by atoms with Crippen molar-refractivity contribution in [3.63, 3.8) is 0 Å². The number of carbonyl (C=O) groups is 1. The minimum Gasteiger partial charge on any atom is -0.389 e. The fraction of sp³-hybridized carbons (Fsp3) is 0.462. The average molecular weight is 315 g/mol. The first-order chi connectivity index (χ1) is 8.44. The lowest BCUT2D eigenvalue weighted by atomic mass is 10.0. The molecule has 1 rings (SSSR count). The Kier molecular flexibility index (Phi) is 5.78. The molecule has 1 aromatic rings. The highest BCUT2D eigenvalue weighted by molar-refractivity contribution is 9.10. The van der Waals surface area contributed by atoms with Gasteiger partial charge in [0, 0.05) is 11.0 Å². The Bertz CT molecular complexity index is 408. The number of para-hydroxylation sites is 1. The molecule has 100 valence electrons. The summed E-state index contributed by atoms with van der Waals surface area (Å²) in [6, 6.07) is 7.43. The fourth-order valence-electron chi connectivity index (χ4n) is 1.33. The van der Waals surface area contributed by atoms with Crippen molar-refractivity contribution < 1.29 is 9.90 Å². The highest BCUT2D eigenvalue weighted by Crippen LogP contribution is 2.20. The number of hydrogen-bond donors (Lipinski definition) is 3. The van der Waals surface area contributed by atoms with Crippen molar-refractivity contribution in [2.24, 2.45) is 0 Å². The molecule has 4 nitrogen and oxygen atoms in total. The van der Waals surface area contributed by atoms with E-state index in [1.165, 1.54) is 0 Å². The largest absolute Gasteiger partial charge is 0.389 e. The Labute approximate surface area is 116 Å². The summed E-state index contributed by atoms with van der Waals surface area (Å²) in [6.45, 7) is 4.22. The minimum atomic E-state index is -0.770. The summed E-state index contributed by atoms with van der Waals surface area (Å²) in [5, 5.41) is 15.5. The lowest BCUT2D eigenvalue weighted by molar-refractivity contribution is -0.115. The quantitative estimate of drug-likeness (QED) is 0.754. The van der Waals surface area contributed by atoms with E-state index in [4.69, 9.17) is 0 Å². The molecule has 0 aliphatic heterocycles. The molecule has 1 amide bonds. The zero-order valence-corrected chi connectivity index (χ0v) is 12.3. The number of rotatable bonds is 6. The summed E-state index contributed by atoms with van der Waals surface area (Å²) in [5.41, 5.74) is -0.0281. The molecule has 0 heterocycles. The summed E-state index contributed by atoms with van der Waals surface area (Å²) in [4.78, 5) is 11.7. The van der Waals surface area contributed by atoms with Gasteiger partial charge in [0.25, 0.3) is 0 Å². The van der Waals surface area contributed by atoms with Crippen molar-refractivity contribution in [2.45, 2.75) is 25.9 Å². The van der Waals surface area contributed by atoms with Crippen LogP contribution >= 0.6 is 15.9 Å². The molecule has 0 bridgehead atoms. The van der Waals surface area contributed by atoms with Crippen molar-refractivity contribution in [3.8, 4) is 0 Å². The number of carbonyl (C=O) groups excluding carboxylic acids is 1. The van der Waals surface area contributed by atoms with Crippen LogP contribution in [0.15, 0.2) is 28.7 Å². The molecule has 3 N–H and O–H groups in total. The van der Waals surface area contributed by atoms with E-state index in [2.05, 4.69) is 26.6 Å². The van der Waals surface area contributed by atoms with Crippen LogP contribution in [0.4, 0.5) is 5.69 Å². The van der Waals surface area contributed by atoms with Crippen LogP contribution in [0.2, 0.25) is 0 Å². The SMILES string of the molecule is CCC(C)(O)CNCC(=O)Nc1ccccc1Br. The number of anilines is 1. The van der Waals surface area contributed by atoms with Crippen LogP contribution in [-0.2, 0) is 4.79 Å². The Hall–Kier alpha value is -0.910. The topological polar surface area (TPSA) is 61.4 Å². The standard InChI is InChI=1S/C13H19BrN2O2/c1-3-13(2,18)9-15-8-12(17)16-11-7-5-4-6-10(11)14/h4-7,15,18H,3,8-9H2,1-2H3,(H,16,17). The maximum absolute atomic E-state index is 11.7. The van der Waals surface area contributed by atoms with E-state index in [-0.39, 0.29) is 12.5 Å². The maximum atomic E-state index is 11.7. The van der Waals surface area contributed by atoms with E-state index in [0.717, 1.165) is 10.2 Å². The van der Waals surface area contributed by atoms with E-state index in [9.17, 15) is 9.90 Å². The second-order valence-corrected chi connectivity index (χ2v) is 5.34. The van der Waals surface area contributed by atoms with Crippen molar-refractivity contribution in [1.29, 1.82) is 0 Å². The second kappa shape index (κ2) is 6.87. The van der Waals surface area contributed by atoms with Gasteiger partial charge in [-0.05, 0) is 41.4 Å². The highest BCUT2D eigenvalue weighted by Gasteiger charge is 2.17. The molecular weight excluding hydrogens is 296 g/mol. The van der Waals surface area contributed by atoms with Gasteiger partial charge in [0.2, 0.25) is 5.91 Å². The van der Waals surface area contributed by atoms with Gasteiger partial charge in [0.15, 0.2) is 0 Å². The second-order valence-electron chi connectivity index (χ2n) is 4.48. The van der Waals surface area contributed by atoms with E-state index in [1.54, 1.807) is 6.92 Å². The van der Waals surface area contributed by atoms with E-state index in [0.29, 0.717) is 13.0 Å². The molecule has 5 heteroatoms. The first-order valence-electron chi connectivity index (χ1n) is 5.92. The minimum absolute atomic E-state index is 0.131. The number of nitrogens with one attached hydrogen (secondary N) is 2. The zero-order chi connectivity index (χ0) is 13.6. The molecule has 0 aliphatic rings. The first-order valence-corrected chi connectivity index (χ1v) is 6.71. The van der Waals surface area contributed by atoms with Crippen LogP contribution in [0.25, 0.3) is 0 Å². The van der Waals surface area contributed by atoms with Crippen LogP contribution in [0.3, 0.4) is 0 Å². The molecule has 0 fully saturated rings. The van der Waals surface area contributed by atoms with Gasteiger partial charge in [0.1, 0.15) is 0 Å². The first kappa shape index (κ1) is 15.1. The van der Waals surface area contributed by atoms with Gasteiger partial charge < -0.3 is 15.7 Å². The highest BCUT2D eigenvalue weighted by atomic mass is 79.9.